The first-order valence-corrected chi connectivity index (χ1v) is 16.6. The molecule has 1 atom stereocenters. The summed E-state index contributed by atoms with van der Waals surface area (Å²) < 4.78 is 15.6. The Morgan fingerprint density at radius 1 is 1.16 bits per heavy atom. The van der Waals surface area contributed by atoms with Gasteiger partial charge in [-0.15, -0.1) is 0 Å². The van der Waals surface area contributed by atoms with Gasteiger partial charge in [-0.25, -0.2) is 9.38 Å². The van der Waals surface area contributed by atoms with Gasteiger partial charge in [0.25, 0.3) is 0 Å². The minimum atomic E-state index is -0.885. The molecule has 2 bridgehead atoms. The van der Waals surface area contributed by atoms with Gasteiger partial charge in [0.15, 0.2) is 5.84 Å². The Kier molecular flexibility index (Phi) is 9.51. The average Bonchev–Trinajstić information content (AvgIpc) is 3.45. The van der Waals surface area contributed by atoms with Crippen LogP contribution in [0.2, 0.25) is 0 Å². The molecule has 1 aliphatic heterocycles. The molecule has 3 heterocycles. The largest absolute Gasteiger partial charge is 0.481 e. The quantitative estimate of drug-likeness (QED) is 0.219. The predicted molar refractivity (Wildman–Crippen MR) is 180 cm³/mol. The number of carboxylic acid groups (broad SMARTS) is 1. The lowest BCUT2D eigenvalue weighted by Crippen LogP contribution is -2.40. The van der Waals surface area contributed by atoms with E-state index in [4.69, 9.17) is 10.7 Å². The number of halogens is 1. The number of aliphatic imine (C=N–C) groups is 2. The van der Waals surface area contributed by atoms with E-state index in [0.29, 0.717) is 34.2 Å². The number of carbonyl (C=O) groups is 1. The number of hydrogen-bond donors (Lipinski definition) is 3. The van der Waals surface area contributed by atoms with E-state index in [1.807, 2.05) is 60.4 Å². The third-order valence-corrected chi connectivity index (χ3v) is 10.9. The number of aryl methyl sites for hydroxylation is 1. The number of benzene rings is 2. The molecule has 10 heteroatoms. The first kappa shape index (κ1) is 31.8. The van der Waals surface area contributed by atoms with E-state index in [-0.39, 0.29) is 17.7 Å². The van der Waals surface area contributed by atoms with Gasteiger partial charge in [0, 0.05) is 40.7 Å². The van der Waals surface area contributed by atoms with E-state index in [1.165, 1.54) is 11.8 Å². The van der Waals surface area contributed by atoms with Crippen LogP contribution in [0.4, 0.5) is 4.39 Å². The van der Waals surface area contributed by atoms with Gasteiger partial charge in [0.2, 0.25) is 0 Å². The molecular formula is C34H38FN5O2S2. The summed E-state index contributed by atoms with van der Waals surface area (Å²) in [7, 11) is 1.65. The number of aromatic nitrogens is 2. The molecule has 5 rings (SSSR count). The summed E-state index contributed by atoms with van der Waals surface area (Å²) in [4.78, 5) is 29.9. The molecule has 0 unspecified atom stereocenters. The van der Waals surface area contributed by atoms with Crippen LogP contribution < -0.4 is 5.73 Å². The van der Waals surface area contributed by atoms with E-state index in [1.54, 1.807) is 19.3 Å². The molecule has 1 aliphatic rings. The summed E-state index contributed by atoms with van der Waals surface area (Å²) in [6.07, 6.45) is 5.76. The van der Waals surface area contributed by atoms with Gasteiger partial charge < -0.3 is 15.8 Å². The third kappa shape index (κ3) is 7.02. The molecule has 44 heavy (non-hydrogen) atoms. The number of rotatable bonds is 3. The Morgan fingerprint density at radius 2 is 1.98 bits per heavy atom. The SMILES string of the molecule is CN=C1N=C(N)[C@@](C)(c2cccc(CC(=O)O)c2)CCC(C)(C)CSCCc2c(c(F)cc3[nH]ccc23)Sc2ccnc1c2. The van der Waals surface area contributed by atoms with Crippen LogP contribution in [0.5, 0.6) is 0 Å². The Hall–Kier alpha value is -3.63. The third-order valence-electron chi connectivity index (χ3n) is 8.26. The van der Waals surface area contributed by atoms with Gasteiger partial charge in [-0.2, -0.15) is 11.8 Å². The highest BCUT2D eigenvalue weighted by atomic mass is 32.2. The van der Waals surface area contributed by atoms with E-state index in [0.717, 1.165) is 51.3 Å². The number of H-pyrrole nitrogens is 1. The Morgan fingerprint density at radius 3 is 2.75 bits per heavy atom. The average molecular weight is 632 g/mol. The smallest absolute Gasteiger partial charge is 0.307 e. The van der Waals surface area contributed by atoms with Gasteiger partial charge in [-0.1, -0.05) is 49.9 Å². The summed E-state index contributed by atoms with van der Waals surface area (Å²) in [6.45, 7) is 6.58. The van der Waals surface area contributed by atoms with Crippen molar-refractivity contribution in [2.24, 2.45) is 21.1 Å². The zero-order chi connectivity index (χ0) is 31.5. The van der Waals surface area contributed by atoms with E-state index in [2.05, 4.69) is 35.7 Å². The summed E-state index contributed by atoms with van der Waals surface area (Å²) in [5.74, 6) is 1.38. The van der Waals surface area contributed by atoms with Crippen LogP contribution >= 0.6 is 23.5 Å². The van der Waals surface area contributed by atoms with Crippen LogP contribution in [0.15, 0.2) is 80.7 Å². The summed E-state index contributed by atoms with van der Waals surface area (Å²) >= 11 is 3.26. The molecular weight excluding hydrogens is 594 g/mol. The first-order chi connectivity index (χ1) is 21.0. The molecule has 2 aromatic carbocycles. The van der Waals surface area contributed by atoms with E-state index >= 15 is 4.39 Å². The number of nitrogens with two attached hydrogens (primary N) is 1. The number of fused-ring (bicyclic) bond motifs is 5. The highest BCUT2D eigenvalue weighted by molar-refractivity contribution is 7.99. The minimum absolute atomic E-state index is 0.0301. The Balaban J connectivity index is 1.61. The molecule has 4 aromatic rings. The standard InChI is InChI=1S/C34H38FN5O2S2/c1-33(2)11-12-34(3,22-7-5-6-21(16-22)17-29(41)42)32(36)40-31(37-4)28-18-23(8-13-39-28)44-30-25(10-15-43-20-33)24-9-14-38-27(24)19-26(30)35/h5-9,13-14,16,18-19,38H,10-12,15,17,20H2,1-4H3,(H,41,42)(H2,36,37,40)/t34-/m1/s1. The van der Waals surface area contributed by atoms with Crippen molar-refractivity contribution in [3.05, 3.63) is 89.1 Å². The predicted octanol–water partition coefficient (Wildman–Crippen LogP) is 7.27. The van der Waals surface area contributed by atoms with Crippen molar-refractivity contribution in [2.45, 2.75) is 61.7 Å². The second kappa shape index (κ2) is 13.2. The summed E-state index contributed by atoms with van der Waals surface area (Å²) in [5.41, 5.74) is 10.1. The number of pyridine rings is 1. The van der Waals surface area contributed by atoms with Crippen LogP contribution in [0.25, 0.3) is 10.9 Å². The van der Waals surface area contributed by atoms with Gasteiger partial charge in [0.1, 0.15) is 17.3 Å². The molecule has 0 aliphatic carbocycles. The van der Waals surface area contributed by atoms with Crippen LogP contribution in [0.3, 0.4) is 0 Å². The molecule has 2 aromatic heterocycles. The molecule has 230 valence electrons. The maximum atomic E-state index is 15.6. The lowest BCUT2D eigenvalue weighted by atomic mass is 9.73. The monoisotopic (exact) mass is 631 g/mol. The van der Waals surface area contributed by atoms with Crippen molar-refractivity contribution in [3.8, 4) is 0 Å². The van der Waals surface area contributed by atoms with Crippen molar-refractivity contribution >= 4 is 52.1 Å². The molecule has 0 amide bonds. The van der Waals surface area contributed by atoms with Crippen molar-refractivity contribution < 1.29 is 14.3 Å². The van der Waals surface area contributed by atoms with Gasteiger partial charge in [-0.3, -0.25) is 14.8 Å². The number of nitrogens with zero attached hydrogens (tertiary/aromatic N) is 3. The first-order valence-electron chi connectivity index (χ1n) is 14.6. The highest BCUT2D eigenvalue weighted by Gasteiger charge is 2.34. The van der Waals surface area contributed by atoms with Crippen LogP contribution in [0.1, 0.15) is 56.0 Å². The van der Waals surface area contributed by atoms with E-state index < -0.39 is 11.4 Å². The Bertz CT molecular complexity index is 1750. The van der Waals surface area contributed by atoms with Crippen molar-refractivity contribution in [3.63, 3.8) is 0 Å². The van der Waals surface area contributed by atoms with Crippen molar-refractivity contribution in [2.75, 3.05) is 18.6 Å². The normalized spacial score (nSPS) is 20.6. The molecule has 4 N–H and O–H groups in total. The second-order valence-corrected chi connectivity index (χ2v) is 14.4. The van der Waals surface area contributed by atoms with Crippen LogP contribution in [0, 0.1) is 11.2 Å². The maximum absolute atomic E-state index is 15.6. The number of thioether (sulfide) groups is 1. The van der Waals surface area contributed by atoms with Gasteiger partial charge in [-0.05, 0) is 84.1 Å². The number of aromatic amines is 1. The van der Waals surface area contributed by atoms with Crippen LogP contribution in [-0.4, -0.2) is 51.3 Å². The fraction of sp³-hybridized carbons (Fsp3) is 0.353. The zero-order valence-corrected chi connectivity index (χ0v) is 27.1. The lowest BCUT2D eigenvalue weighted by Gasteiger charge is -2.34. The zero-order valence-electron chi connectivity index (χ0n) is 25.5. The fourth-order valence-electron chi connectivity index (χ4n) is 5.56. The Labute approximate surface area is 266 Å². The number of aliphatic carboxylic acids is 1. The molecule has 0 radical (unpaired) electrons. The minimum Gasteiger partial charge on any atom is -0.481 e. The second-order valence-electron chi connectivity index (χ2n) is 12.2. The molecule has 0 saturated carbocycles. The number of carboxylic acids is 1. The molecule has 0 saturated heterocycles. The van der Waals surface area contributed by atoms with E-state index in [9.17, 15) is 9.90 Å². The number of nitrogens with one attached hydrogen (secondary N) is 1. The molecule has 0 spiro atoms. The summed E-state index contributed by atoms with van der Waals surface area (Å²) in [5, 5.41) is 10.5. The van der Waals surface area contributed by atoms with Gasteiger partial charge in [0.05, 0.1) is 11.3 Å². The number of amidine groups is 2. The van der Waals surface area contributed by atoms with Crippen LogP contribution in [-0.2, 0) is 23.1 Å². The fourth-order valence-corrected chi connectivity index (χ4v) is 7.78. The van der Waals surface area contributed by atoms with Crippen molar-refractivity contribution in [1.29, 1.82) is 0 Å². The summed E-state index contributed by atoms with van der Waals surface area (Å²) in [6, 6.07) is 14.9. The molecule has 7 nitrogen and oxygen atoms in total. The lowest BCUT2D eigenvalue weighted by molar-refractivity contribution is -0.136. The maximum Gasteiger partial charge on any atom is 0.307 e. The number of hydrogen-bond acceptors (Lipinski definition) is 6. The molecule has 0 fully saturated rings. The van der Waals surface area contributed by atoms with Crippen molar-refractivity contribution in [1.82, 2.24) is 9.97 Å². The topological polar surface area (TPSA) is 117 Å². The van der Waals surface area contributed by atoms with Gasteiger partial charge >= 0.3 is 5.97 Å². The highest BCUT2D eigenvalue weighted by Crippen LogP contribution is 2.40.